The van der Waals surface area contributed by atoms with Crippen molar-refractivity contribution in [1.82, 2.24) is 4.90 Å². The smallest absolute Gasteiger partial charge is 0.407 e. The molecule has 0 saturated carbocycles. The third kappa shape index (κ3) is 2.58. The van der Waals surface area contributed by atoms with E-state index in [-0.39, 0.29) is 0 Å². The monoisotopic (exact) mass is 333 g/mol. The quantitative estimate of drug-likeness (QED) is 0.864. The number of carbonyl (C=O) groups is 1. The van der Waals surface area contributed by atoms with Gasteiger partial charge < -0.3 is 14.7 Å². The van der Waals surface area contributed by atoms with Gasteiger partial charge in [0.2, 0.25) is 0 Å². The largest absolute Gasteiger partial charge is 0.492 e. The van der Waals surface area contributed by atoms with Crippen LogP contribution < -0.4 is 4.74 Å². The molecule has 1 fully saturated rings. The van der Waals surface area contributed by atoms with Gasteiger partial charge in [-0.1, -0.05) is 12.1 Å². The number of rotatable bonds is 3. The summed E-state index contributed by atoms with van der Waals surface area (Å²) in [7, 11) is 0. The van der Waals surface area contributed by atoms with Gasteiger partial charge in [0.05, 0.1) is 10.2 Å². The second kappa shape index (κ2) is 4.90. The summed E-state index contributed by atoms with van der Waals surface area (Å²) in [6.45, 7) is 1.75. The molecule has 1 saturated heterocycles. The zero-order valence-corrected chi connectivity index (χ0v) is 10.8. The fourth-order valence-electron chi connectivity index (χ4n) is 1.60. The minimum absolute atomic E-state index is 0.326. The van der Waals surface area contributed by atoms with Gasteiger partial charge in [0.1, 0.15) is 5.75 Å². The molecule has 86 valence electrons. The van der Waals surface area contributed by atoms with Gasteiger partial charge in [-0.3, -0.25) is 0 Å². The van der Waals surface area contributed by atoms with Gasteiger partial charge in [-0.15, -0.1) is 0 Å². The van der Waals surface area contributed by atoms with Crippen LogP contribution in [-0.2, 0) is 0 Å². The van der Waals surface area contributed by atoms with Gasteiger partial charge in [0.25, 0.3) is 0 Å². The Kier molecular flexibility index (Phi) is 3.52. The third-order valence-electron chi connectivity index (χ3n) is 2.54. The molecule has 1 aliphatic rings. The molecule has 0 aromatic heterocycles. The highest BCUT2D eigenvalue weighted by Gasteiger charge is 2.30. The van der Waals surface area contributed by atoms with Gasteiger partial charge in [0, 0.05) is 19.0 Å². The van der Waals surface area contributed by atoms with Crippen LogP contribution in [0.2, 0.25) is 0 Å². The molecule has 0 unspecified atom stereocenters. The van der Waals surface area contributed by atoms with Crippen molar-refractivity contribution in [3.05, 3.63) is 27.8 Å². The predicted octanol–water partition coefficient (Wildman–Crippen LogP) is 2.28. The first-order valence-electron chi connectivity index (χ1n) is 5.02. The second-order valence-corrected chi connectivity index (χ2v) is 4.96. The molecule has 1 heterocycles. The molecular formula is C11H12INO3. The van der Waals surface area contributed by atoms with Crippen molar-refractivity contribution in [1.29, 1.82) is 0 Å². The normalized spacial score (nSPS) is 15.7. The standard InChI is InChI=1S/C11H12INO3/c12-9-3-1-2-4-10(9)16-7-8-5-13(6-8)11(14)15/h1-4,8H,5-7H2,(H,14,15). The number of benzene rings is 1. The van der Waals surface area contributed by atoms with Gasteiger partial charge >= 0.3 is 6.09 Å². The second-order valence-electron chi connectivity index (χ2n) is 3.80. The number of halogens is 1. The van der Waals surface area contributed by atoms with E-state index in [9.17, 15) is 4.79 Å². The summed E-state index contributed by atoms with van der Waals surface area (Å²) >= 11 is 2.22. The van der Waals surface area contributed by atoms with Crippen LogP contribution in [0.15, 0.2) is 24.3 Å². The van der Waals surface area contributed by atoms with Gasteiger partial charge in [-0.25, -0.2) is 4.79 Å². The topological polar surface area (TPSA) is 49.8 Å². The molecule has 1 N–H and O–H groups in total. The van der Waals surface area contributed by atoms with E-state index in [0.717, 1.165) is 9.32 Å². The lowest BCUT2D eigenvalue weighted by Crippen LogP contribution is -2.51. The average Bonchev–Trinajstić information content (AvgIpc) is 2.17. The van der Waals surface area contributed by atoms with Crippen LogP contribution >= 0.6 is 22.6 Å². The molecule has 1 aromatic rings. The molecule has 0 aliphatic carbocycles. The van der Waals surface area contributed by atoms with E-state index < -0.39 is 6.09 Å². The van der Waals surface area contributed by atoms with Gasteiger partial charge in [-0.05, 0) is 34.7 Å². The Morgan fingerprint density at radius 3 is 2.81 bits per heavy atom. The Morgan fingerprint density at radius 1 is 1.50 bits per heavy atom. The van der Waals surface area contributed by atoms with Gasteiger partial charge in [-0.2, -0.15) is 0 Å². The first kappa shape index (κ1) is 11.5. The summed E-state index contributed by atoms with van der Waals surface area (Å²) in [4.78, 5) is 11.9. The summed E-state index contributed by atoms with van der Waals surface area (Å²) in [5, 5.41) is 8.66. The maximum absolute atomic E-state index is 10.5. The fraction of sp³-hybridized carbons (Fsp3) is 0.364. The van der Waals surface area contributed by atoms with Crippen molar-refractivity contribution in [3.63, 3.8) is 0 Å². The Bertz CT molecular complexity index is 391. The molecule has 2 rings (SSSR count). The van der Waals surface area contributed by atoms with Crippen molar-refractivity contribution in [2.45, 2.75) is 0 Å². The first-order valence-corrected chi connectivity index (χ1v) is 6.10. The number of likely N-dealkylation sites (tertiary alicyclic amines) is 1. The van der Waals surface area contributed by atoms with Crippen LogP contribution in [0.1, 0.15) is 0 Å². The van der Waals surface area contributed by atoms with E-state index in [4.69, 9.17) is 9.84 Å². The van der Waals surface area contributed by atoms with Crippen LogP contribution in [0.3, 0.4) is 0 Å². The van der Waals surface area contributed by atoms with E-state index in [1.807, 2.05) is 24.3 Å². The van der Waals surface area contributed by atoms with Crippen LogP contribution in [0.25, 0.3) is 0 Å². The number of hydrogen-bond donors (Lipinski definition) is 1. The van der Waals surface area contributed by atoms with E-state index in [0.29, 0.717) is 25.6 Å². The molecule has 4 nitrogen and oxygen atoms in total. The zero-order valence-electron chi connectivity index (χ0n) is 8.60. The number of ether oxygens (including phenoxy) is 1. The van der Waals surface area contributed by atoms with Crippen molar-refractivity contribution in [3.8, 4) is 5.75 Å². The number of carboxylic acid groups (broad SMARTS) is 1. The Balaban J connectivity index is 1.78. The highest BCUT2D eigenvalue weighted by atomic mass is 127. The molecule has 0 radical (unpaired) electrons. The van der Waals surface area contributed by atoms with E-state index >= 15 is 0 Å². The van der Waals surface area contributed by atoms with Gasteiger partial charge in [0.15, 0.2) is 0 Å². The number of amides is 1. The highest BCUT2D eigenvalue weighted by Crippen LogP contribution is 2.22. The Morgan fingerprint density at radius 2 is 2.19 bits per heavy atom. The summed E-state index contributed by atoms with van der Waals surface area (Å²) in [6, 6.07) is 7.81. The fourth-order valence-corrected chi connectivity index (χ4v) is 2.14. The minimum Gasteiger partial charge on any atom is -0.492 e. The SMILES string of the molecule is O=C(O)N1CC(COc2ccccc2I)C1. The maximum atomic E-state index is 10.5. The minimum atomic E-state index is -0.842. The molecule has 1 amide bonds. The number of nitrogens with zero attached hydrogens (tertiary/aromatic N) is 1. The van der Waals surface area contributed by atoms with Crippen LogP contribution in [0.5, 0.6) is 5.75 Å². The number of hydrogen-bond acceptors (Lipinski definition) is 2. The van der Waals surface area contributed by atoms with E-state index in [1.165, 1.54) is 4.90 Å². The first-order chi connectivity index (χ1) is 7.66. The Hall–Kier alpha value is -0.980. The average molecular weight is 333 g/mol. The molecule has 1 aliphatic heterocycles. The van der Waals surface area contributed by atoms with Crippen molar-refractivity contribution < 1.29 is 14.6 Å². The van der Waals surface area contributed by atoms with Crippen LogP contribution in [0, 0.1) is 9.49 Å². The summed E-state index contributed by atoms with van der Waals surface area (Å²) in [6.07, 6.45) is -0.842. The predicted molar refractivity (Wildman–Crippen MR) is 67.7 cm³/mol. The molecule has 1 aromatic carbocycles. The molecular weight excluding hydrogens is 321 g/mol. The van der Waals surface area contributed by atoms with Crippen molar-refractivity contribution in [2.24, 2.45) is 5.92 Å². The molecule has 0 atom stereocenters. The molecule has 0 bridgehead atoms. The lowest BCUT2D eigenvalue weighted by atomic mass is 10.0. The molecule has 5 heteroatoms. The Labute approximate surface area is 107 Å². The van der Waals surface area contributed by atoms with Crippen LogP contribution in [0.4, 0.5) is 4.79 Å². The molecule has 0 spiro atoms. The summed E-state index contributed by atoms with van der Waals surface area (Å²) < 4.78 is 6.72. The third-order valence-corrected chi connectivity index (χ3v) is 3.43. The van der Waals surface area contributed by atoms with E-state index in [1.54, 1.807) is 0 Å². The molecule has 16 heavy (non-hydrogen) atoms. The van der Waals surface area contributed by atoms with Crippen LogP contribution in [-0.4, -0.2) is 35.8 Å². The lowest BCUT2D eigenvalue weighted by molar-refractivity contribution is 0.0584. The highest BCUT2D eigenvalue weighted by molar-refractivity contribution is 14.1. The van der Waals surface area contributed by atoms with Crippen molar-refractivity contribution >= 4 is 28.7 Å². The maximum Gasteiger partial charge on any atom is 0.407 e. The zero-order chi connectivity index (χ0) is 11.5. The summed E-state index contributed by atoms with van der Waals surface area (Å²) in [5.41, 5.74) is 0. The van der Waals surface area contributed by atoms with E-state index in [2.05, 4.69) is 22.6 Å². The summed E-state index contributed by atoms with van der Waals surface area (Å²) in [5.74, 6) is 1.20. The number of para-hydroxylation sites is 1. The van der Waals surface area contributed by atoms with Crippen molar-refractivity contribution in [2.75, 3.05) is 19.7 Å². The lowest BCUT2D eigenvalue weighted by Gasteiger charge is -2.36.